The molecule has 11 heteroatoms. The van der Waals surface area contributed by atoms with Gasteiger partial charge in [-0.25, -0.2) is 0 Å². The largest absolute Gasteiger partial charge is 0.508 e. The quantitative estimate of drug-likeness (QED) is 0.257. The van der Waals surface area contributed by atoms with Crippen LogP contribution in [0.5, 0.6) is 5.75 Å². The first-order valence-electron chi connectivity index (χ1n) is 14.3. The number of nitrogens with one attached hydrogen (secondary N) is 1. The van der Waals surface area contributed by atoms with Gasteiger partial charge in [-0.3, -0.25) is 14.4 Å². The van der Waals surface area contributed by atoms with Gasteiger partial charge in [0.2, 0.25) is 5.78 Å². The van der Waals surface area contributed by atoms with Crippen molar-refractivity contribution in [3.63, 3.8) is 0 Å². The van der Waals surface area contributed by atoms with Crippen molar-refractivity contribution in [2.24, 2.45) is 23.3 Å². The topological polar surface area (TPSA) is 199 Å². The van der Waals surface area contributed by atoms with E-state index in [0.29, 0.717) is 23.5 Å². The highest BCUT2D eigenvalue weighted by Crippen LogP contribution is 2.54. The maximum Gasteiger partial charge on any atom is 0.255 e. The molecule has 0 aliphatic heterocycles. The fraction of sp³-hybridized carbons (Fsp3) is 0.452. The number of anilines is 1. The minimum Gasteiger partial charge on any atom is -0.508 e. The third-order valence-corrected chi connectivity index (χ3v) is 9.66. The van der Waals surface area contributed by atoms with Gasteiger partial charge in [0.1, 0.15) is 22.8 Å². The third-order valence-electron chi connectivity index (χ3n) is 9.66. The molecule has 4 aliphatic carbocycles. The van der Waals surface area contributed by atoms with Gasteiger partial charge >= 0.3 is 0 Å². The zero-order valence-electron chi connectivity index (χ0n) is 23.6. The Kier molecular flexibility index (Phi) is 6.60. The second-order valence-electron chi connectivity index (χ2n) is 12.3. The van der Waals surface area contributed by atoms with Crippen LogP contribution in [0.25, 0.3) is 16.5 Å². The predicted octanol–water partition coefficient (Wildman–Crippen LogP) is 1.61. The molecule has 0 saturated heterocycles. The number of aliphatic hydroxyl groups excluding tert-OH is 2. The minimum absolute atomic E-state index is 0.0402. The van der Waals surface area contributed by atoms with Gasteiger partial charge in [-0.15, -0.1) is 0 Å². The highest BCUT2D eigenvalue weighted by atomic mass is 16.3. The number of phenolic OH excluding ortho intramolecular Hbond substituents is 1. The number of benzene rings is 2. The number of hydrogen-bond donors (Lipinski definition) is 7. The maximum absolute atomic E-state index is 13.9. The number of nitrogens with zero attached hydrogens (tertiary/aromatic N) is 1. The number of hydrogen-bond acceptors (Lipinski definition) is 10. The lowest BCUT2D eigenvalue weighted by molar-refractivity contribution is -0.149. The van der Waals surface area contributed by atoms with E-state index < -0.39 is 58.0 Å². The molecule has 2 fully saturated rings. The summed E-state index contributed by atoms with van der Waals surface area (Å²) in [7, 11) is 3.71. The molecule has 6 rings (SSSR count). The SMILES string of the molecule is CN(C)c1c2c(c(O)c3cc(CNC4CCCC4)ccc13)C(O)=C1C(=O)[C@]3(O)C(O)=C(C(N)=O)C(=O)[C@@H](N)[C@@H]3C[C@@H]1C2. The molecule has 4 aliphatic rings. The van der Waals surface area contributed by atoms with Crippen molar-refractivity contribution in [2.75, 3.05) is 19.0 Å². The highest BCUT2D eigenvalue weighted by molar-refractivity contribution is 6.24. The van der Waals surface area contributed by atoms with E-state index in [0.717, 1.165) is 29.5 Å². The molecule has 4 atom stereocenters. The van der Waals surface area contributed by atoms with Crippen LogP contribution in [0.2, 0.25) is 0 Å². The molecule has 2 aromatic carbocycles. The summed E-state index contributed by atoms with van der Waals surface area (Å²) in [5.41, 5.74) is 9.96. The molecule has 42 heavy (non-hydrogen) atoms. The maximum atomic E-state index is 13.9. The molecule has 11 nitrogen and oxygen atoms in total. The summed E-state index contributed by atoms with van der Waals surface area (Å²) in [6, 6.07) is 4.81. The molecule has 2 saturated carbocycles. The Bertz CT molecular complexity index is 1620. The van der Waals surface area contributed by atoms with E-state index >= 15 is 0 Å². The Balaban J connectivity index is 1.52. The number of aliphatic hydroxyl groups is 3. The van der Waals surface area contributed by atoms with Crippen molar-refractivity contribution in [1.29, 1.82) is 0 Å². The first-order chi connectivity index (χ1) is 19.9. The summed E-state index contributed by atoms with van der Waals surface area (Å²) in [6.07, 6.45) is 4.83. The molecule has 0 heterocycles. The van der Waals surface area contributed by atoms with E-state index in [9.17, 15) is 34.8 Å². The predicted molar refractivity (Wildman–Crippen MR) is 156 cm³/mol. The first-order valence-corrected chi connectivity index (χ1v) is 14.3. The monoisotopic (exact) mass is 576 g/mol. The normalized spacial score (nSPS) is 27.8. The number of carbonyl (C=O) groups is 3. The Labute approximate surface area is 242 Å². The lowest BCUT2D eigenvalue weighted by atomic mass is 9.57. The number of amides is 1. The number of aromatic hydroxyl groups is 1. The van der Waals surface area contributed by atoms with E-state index in [1.807, 2.05) is 37.2 Å². The van der Waals surface area contributed by atoms with E-state index in [-0.39, 0.29) is 29.7 Å². The molecule has 0 bridgehead atoms. The van der Waals surface area contributed by atoms with Crippen LogP contribution < -0.4 is 21.7 Å². The lowest BCUT2D eigenvalue weighted by Crippen LogP contribution is -2.65. The van der Waals surface area contributed by atoms with Crippen LogP contribution in [-0.4, -0.2) is 69.7 Å². The Morgan fingerprint density at radius 3 is 2.45 bits per heavy atom. The van der Waals surface area contributed by atoms with Crippen LogP contribution in [0.3, 0.4) is 0 Å². The van der Waals surface area contributed by atoms with E-state index in [2.05, 4.69) is 5.32 Å². The van der Waals surface area contributed by atoms with Crippen molar-refractivity contribution < 1.29 is 34.8 Å². The minimum atomic E-state index is -2.73. The van der Waals surface area contributed by atoms with Gasteiger partial charge in [-0.2, -0.15) is 0 Å². The molecular formula is C31H36N4O7. The number of Topliss-reactive ketones (excluding diaryl/α,β-unsaturated/α-hetero) is 2. The van der Waals surface area contributed by atoms with Crippen molar-refractivity contribution >= 4 is 39.7 Å². The highest BCUT2D eigenvalue weighted by Gasteiger charge is 2.63. The van der Waals surface area contributed by atoms with Crippen LogP contribution in [-0.2, 0) is 27.3 Å². The van der Waals surface area contributed by atoms with Gasteiger partial charge in [-0.05, 0) is 48.8 Å². The number of primary amides is 1. The number of rotatable bonds is 5. The molecule has 1 amide bonds. The number of phenols is 1. The van der Waals surface area contributed by atoms with Gasteiger partial charge in [0, 0.05) is 54.6 Å². The van der Waals surface area contributed by atoms with Crippen molar-refractivity contribution in [2.45, 2.75) is 62.8 Å². The van der Waals surface area contributed by atoms with Crippen molar-refractivity contribution in [1.82, 2.24) is 5.32 Å². The molecule has 0 spiro atoms. The Morgan fingerprint density at radius 1 is 1.12 bits per heavy atom. The molecule has 9 N–H and O–H groups in total. The van der Waals surface area contributed by atoms with Gasteiger partial charge in [0.05, 0.1) is 11.6 Å². The number of ketones is 2. The average molecular weight is 577 g/mol. The Hall–Kier alpha value is -3.93. The second kappa shape index (κ2) is 9.82. The van der Waals surface area contributed by atoms with Crippen LogP contribution in [0, 0.1) is 11.8 Å². The van der Waals surface area contributed by atoms with Gasteiger partial charge in [-0.1, -0.05) is 25.0 Å². The summed E-state index contributed by atoms with van der Waals surface area (Å²) in [6.45, 7) is 0.614. The molecule has 222 valence electrons. The standard InChI is InChI=1S/C31H36N4O7/c1-35(2)24-16-8-7-13(12-34-15-5-3-4-6-15)9-17(16)25(36)21-18(24)10-14-11-19-23(32)27(38)22(30(33)41)29(40)31(19,42)28(39)20(14)26(21)37/h7-9,14-15,19,23,34,36-37,40,42H,3-6,10-12,32H2,1-2H3,(H2,33,41)/t14-,19-,23-,31-/m0/s1. The second-order valence-corrected chi connectivity index (χ2v) is 12.3. The summed E-state index contributed by atoms with van der Waals surface area (Å²) < 4.78 is 0. The van der Waals surface area contributed by atoms with Gasteiger partial charge in [0.15, 0.2) is 11.4 Å². The van der Waals surface area contributed by atoms with Crippen LogP contribution in [0.1, 0.15) is 48.8 Å². The van der Waals surface area contributed by atoms with Crippen molar-refractivity contribution in [3.8, 4) is 5.75 Å². The Morgan fingerprint density at radius 2 is 1.81 bits per heavy atom. The van der Waals surface area contributed by atoms with E-state index in [1.165, 1.54) is 12.8 Å². The van der Waals surface area contributed by atoms with Crippen LogP contribution >= 0.6 is 0 Å². The first kappa shape index (κ1) is 28.2. The van der Waals surface area contributed by atoms with E-state index in [1.54, 1.807) is 0 Å². The summed E-state index contributed by atoms with van der Waals surface area (Å²) >= 11 is 0. The number of fused-ring (bicyclic) bond motifs is 4. The zero-order valence-corrected chi connectivity index (χ0v) is 23.6. The molecular weight excluding hydrogens is 540 g/mol. The van der Waals surface area contributed by atoms with Crippen LogP contribution in [0.15, 0.2) is 35.1 Å². The fourth-order valence-electron chi connectivity index (χ4n) is 7.62. The number of carbonyl (C=O) groups excluding carboxylic acids is 3. The zero-order chi connectivity index (χ0) is 30.2. The van der Waals surface area contributed by atoms with Gasteiger partial charge in [0.25, 0.3) is 5.91 Å². The molecule has 0 aromatic heterocycles. The molecule has 0 radical (unpaired) electrons. The smallest absolute Gasteiger partial charge is 0.255 e. The van der Waals surface area contributed by atoms with Gasteiger partial charge < -0.3 is 42.1 Å². The molecule has 0 unspecified atom stereocenters. The summed E-state index contributed by atoms with van der Waals surface area (Å²) in [5.74, 6) is -7.16. The third kappa shape index (κ3) is 3.87. The average Bonchev–Trinajstić information content (AvgIpc) is 3.46. The fourth-order valence-corrected chi connectivity index (χ4v) is 7.62. The van der Waals surface area contributed by atoms with Crippen molar-refractivity contribution in [3.05, 3.63) is 51.8 Å². The lowest BCUT2D eigenvalue weighted by Gasteiger charge is -2.48. The van der Waals surface area contributed by atoms with E-state index in [4.69, 9.17) is 11.5 Å². The summed E-state index contributed by atoms with van der Waals surface area (Å²) in [5, 5.41) is 50.5. The molecule has 2 aromatic rings. The summed E-state index contributed by atoms with van der Waals surface area (Å²) in [4.78, 5) is 40.6. The number of nitrogens with two attached hydrogens (primary N) is 2. The van der Waals surface area contributed by atoms with Crippen LogP contribution in [0.4, 0.5) is 5.69 Å².